The molecule has 3 rings (SSSR count). The predicted octanol–water partition coefficient (Wildman–Crippen LogP) is 1.59. The number of rotatable bonds is 9. The van der Waals surface area contributed by atoms with Gasteiger partial charge in [-0.3, -0.25) is 14.8 Å². The Bertz CT molecular complexity index is 685. The van der Waals surface area contributed by atoms with E-state index in [1.54, 1.807) is 7.11 Å². The van der Waals surface area contributed by atoms with Crippen molar-refractivity contribution in [2.24, 2.45) is 10.9 Å². The van der Waals surface area contributed by atoms with Gasteiger partial charge in [0.25, 0.3) is 0 Å². The van der Waals surface area contributed by atoms with Crippen molar-refractivity contribution < 1.29 is 14.2 Å². The zero-order chi connectivity index (χ0) is 22.8. The number of aliphatic imine (C=N–C) groups is 1. The van der Waals surface area contributed by atoms with Gasteiger partial charge in [0.1, 0.15) is 5.75 Å². The third kappa shape index (κ3) is 7.07. The van der Waals surface area contributed by atoms with Gasteiger partial charge in [0, 0.05) is 52.4 Å². The summed E-state index contributed by atoms with van der Waals surface area (Å²) in [5.74, 6) is 2.28. The second-order valence-corrected chi connectivity index (χ2v) is 8.73. The molecular formula is C24H41N5O3. The molecule has 1 aromatic rings. The molecule has 0 radical (unpaired) electrons. The second-order valence-electron chi connectivity index (χ2n) is 8.73. The standard InChI is InChI=1S/C24H41N5O3/c1-19(2)22(28-9-13-31-14-10-28)17-26-24(25-3)27-18-23(29-11-15-32-16-12-29)20-5-7-21(30-4)8-6-20/h5-8,19,22-23H,9-18H2,1-4H3,(H2,25,26,27). The average Bonchev–Trinajstić information content (AvgIpc) is 2.84. The van der Waals surface area contributed by atoms with Gasteiger partial charge in [0.15, 0.2) is 5.96 Å². The van der Waals surface area contributed by atoms with E-state index < -0.39 is 0 Å². The highest BCUT2D eigenvalue weighted by atomic mass is 16.5. The van der Waals surface area contributed by atoms with Crippen molar-refractivity contribution in [3.63, 3.8) is 0 Å². The van der Waals surface area contributed by atoms with E-state index in [0.29, 0.717) is 12.0 Å². The minimum atomic E-state index is 0.239. The lowest BCUT2D eigenvalue weighted by molar-refractivity contribution is 0.00747. The van der Waals surface area contributed by atoms with Crippen molar-refractivity contribution in [1.82, 2.24) is 20.4 Å². The number of morpholine rings is 2. The van der Waals surface area contributed by atoms with Crippen LogP contribution in [0.15, 0.2) is 29.3 Å². The molecule has 2 heterocycles. The minimum Gasteiger partial charge on any atom is -0.497 e. The molecule has 2 aliphatic heterocycles. The summed E-state index contributed by atoms with van der Waals surface area (Å²) in [6, 6.07) is 9.07. The van der Waals surface area contributed by atoms with Crippen LogP contribution in [0.4, 0.5) is 0 Å². The number of benzene rings is 1. The van der Waals surface area contributed by atoms with E-state index in [-0.39, 0.29) is 6.04 Å². The van der Waals surface area contributed by atoms with Crippen molar-refractivity contribution >= 4 is 5.96 Å². The first-order chi connectivity index (χ1) is 15.6. The van der Waals surface area contributed by atoms with Gasteiger partial charge >= 0.3 is 0 Å². The number of methoxy groups -OCH3 is 1. The molecule has 0 saturated carbocycles. The van der Waals surface area contributed by atoms with E-state index in [9.17, 15) is 0 Å². The quantitative estimate of drug-likeness (QED) is 0.440. The number of nitrogens with zero attached hydrogens (tertiary/aromatic N) is 3. The van der Waals surface area contributed by atoms with Gasteiger partial charge in [0.05, 0.1) is 39.6 Å². The molecule has 2 N–H and O–H groups in total. The van der Waals surface area contributed by atoms with E-state index in [2.05, 4.69) is 51.4 Å². The van der Waals surface area contributed by atoms with Crippen LogP contribution in [0, 0.1) is 5.92 Å². The third-order valence-corrected chi connectivity index (χ3v) is 6.44. The fraction of sp³-hybridized carbons (Fsp3) is 0.708. The van der Waals surface area contributed by atoms with Crippen LogP contribution >= 0.6 is 0 Å². The Morgan fingerprint density at radius 3 is 2.03 bits per heavy atom. The zero-order valence-corrected chi connectivity index (χ0v) is 20.2. The number of ether oxygens (including phenoxy) is 3. The summed E-state index contributed by atoms with van der Waals surface area (Å²) in [4.78, 5) is 9.50. The average molecular weight is 448 g/mol. The van der Waals surface area contributed by atoms with Crippen molar-refractivity contribution in [3.05, 3.63) is 29.8 Å². The summed E-state index contributed by atoms with van der Waals surface area (Å²) in [6.45, 7) is 13.2. The Morgan fingerprint density at radius 1 is 0.938 bits per heavy atom. The number of hydrogen-bond donors (Lipinski definition) is 2. The maximum atomic E-state index is 5.58. The van der Waals surface area contributed by atoms with E-state index in [1.165, 1.54) is 5.56 Å². The maximum Gasteiger partial charge on any atom is 0.191 e. The molecule has 180 valence electrons. The fourth-order valence-corrected chi connectivity index (χ4v) is 4.48. The molecule has 2 unspecified atom stereocenters. The van der Waals surface area contributed by atoms with Crippen molar-refractivity contribution in [2.45, 2.75) is 25.9 Å². The number of hydrogen-bond acceptors (Lipinski definition) is 6. The first-order valence-electron chi connectivity index (χ1n) is 11.8. The normalized spacial score (nSPS) is 20.7. The fourth-order valence-electron chi connectivity index (χ4n) is 4.48. The summed E-state index contributed by atoms with van der Waals surface area (Å²) >= 11 is 0. The Hall–Kier alpha value is -1.87. The minimum absolute atomic E-state index is 0.239. The van der Waals surface area contributed by atoms with Gasteiger partial charge in [-0.1, -0.05) is 26.0 Å². The molecule has 2 aliphatic rings. The molecule has 8 heteroatoms. The first-order valence-corrected chi connectivity index (χ1v) is 11.8. The van der Waals surface area contributed by atoms with E-state index >= 15 is 0 Å². The van der Waals surface area contributed by atoms with Crippen LogP contribution in [0.5, 0.6) is 5.75 Å². The smallest absolute Gasteiger partial charge is 0.191 e. The van der Waals surface area contributed by atoms with E-state index in [1.807, 2.05) is 19.2 Å². The van der Waals surface area contributed by atoms with Crippen molar-refractivity contribution in [1.29, 1.82) is 0 Å². The van der Waals surface area contributed by atoms with Crippen LogP contribution in [-0.2, 0) is 9.47 Å². The van der Waals surface area contributed by atoms with E-state index in [4.69, 9.17) is 14.2 Å². The molecule has 2 fully saturated rings. The maximum absolute atomic E-state index is 5.58. The van der Waals surface area contributed by atoms with Gasteiger partial charge in [-0.2, -0.15) is 0 Å². The molecule has 2 atom stereocenters. The third-order valence-electron chi connectivity index (χ3n) is 6.44. The molecule has 0 aliphatic carbocycles. The molecule has 2 saturated heterocycles. The SMILES string of the molecule is CN=C(NCC(c1ccc(OC)cc1)N1CCOCC1)NCC(C(C)C)N1CCOCC1. The molecule has 0 aromatic heterocycles. The Kier molecular flexibility index (Phi) is 10.1. The summed E-state index contributed by atoms with van der Waals surface area (Å²) in [5.41, 5.74) is 1.27. The van der Waals surface area contributed by atoms with Gasteiger partial charge < -0.3 is 24.8 Å². The molecule has 0 amide bonds. The highest BCUT2D eigenvalue weighted by Gasteiger charge is 2.25. The summed E-state index contributed by atoms with van der Waals surface area (Å²) in [5, 5.41) is 7.14. The lowest BCUT2D eigenvalue weighted by Crippen LogP contribution is -2.53. The largest absolute Gasteiger partial charge is 0.497 e. The highest BCUT2D eigenvalue weighted by molar-refractivity contribution is 5.79. The van der Waals surface area contributed by atoms with Crippen LogP contribution in [0.1, 0.15) is 25.5 Å². The van der Waals surface area contributed by atoms with Gasteiger partial charge in [-0.25, -0.2) is 0 Å². The van der Waals surface area contributed by atoms with Crippen LogP contribution in [0.3, 0.4) is 0 Å². The second kappa shape index (κ2) is 13.0. The molecule has 32 heavy (non-hydrogen) atoms. The van der Waals surface area contributed by atoms with Crippen LogP contribution in [0.2, 0.25) is 0 Å². The van der Waals surface area contributed by atoms with Crippen molar-refractivity contribution in [3.8, 4) is 5.75 Å². The van der Waals surface area contributed by atoms with Gasteiger partial charge in [-0.05, 0) is 23.6 Å². The molecule has 0 spiro atoms. The van der Waals surface area contributed by atoms with Gasteiger partial charge in [-0.15, -0.1) is 0 Å². The molecule has 0 bridgehead atoms. The number of nitrogens with one attached hydrogen (secondary N) is 2. The van der Waals surface area contributed by atoms with Crippen LogP contribution < -0.4 is 15.4 Å². The van der Waals surface area contributed by atoms with Crippen LogP contribution in [-0.4, -0.2) is 102 Å². The Balaban J connectivity index is 1.60. The molecular weight excluding hydrogens is 406 g/mol. The van der Waals surface area contributed by atoms with E-state index in [0.717, 1.165) is 77.4 Å². The topological polar surface area (TPSA) is 70.6 Å². The molecule has 1 aromatic carbocycles. The Morgan fingerprint density at radius 2 is 1.50 bits per heavy atom. The zero-order valence-electron chi connectivity index (χ0n) is 20.2. The highest BCUT2D eigenvalue weighted by Crippen LogP contribution is 2.23. The van der Waals surface area contributed by atoms with Gasteiger partial charge in [0.2, 0.25) is 0 Å². The van der Waals surface area contributed by atoms with Crippen LogP contribution in [0.25, 0.3) is 0 Å². The summed E-state index contributed by atoms with van der Waals surface area (Å²) in [7, 11) is 3.54. The molecule has 8 nitrogen and oxygen atoms in total. The first kappa shape index (κ1) is 24.8. The lowest BCUT2D eigenvalue weighted by atomic mass is 10.0. The predicted molar refractivity (Wildman–Crippen MR) is 129 cm³/mol. The number of guanidine groups is 1. The van der Waals surface area contributed by atoms with Crippen molar-refractivity contribution in [2.75, 3.05) is 79.9 Å². The summed E-state index contributed by atoms with van der Waals surface area (Å²) < 4.78 is 16.5. The monoisotopic (exact) mass is 447 g/mol. The lowest BCUT2D eigenvalue weighted by Gasteiger charge is -2.37. The summed E-state index contributed by atoms with van der Waals surface area (Å²) in [6.07, 6.45) is 0. The Labute approximate surface area is 193 Å².